The smallest absolute Gasteiger partial charge is 0.136 e. The third kappa shape index (κ3) is 1.85. The standard InChI is InChI=1S/C23H21NO/c1-4-15-8-7-10-17-21-18(24(14(2)3)23(15)17)12-13-20-22(21)16-9-5-6-11-19(16)25-20/h5-14H,4H2,1-3H3. The van der Waals surface area contributed by atoms with Crippen LogP contribution in [0.25, 0.3) is 43.7 Å². The molecule has 5 rings (SSSR count). The van der Waals surface area contributed by atoms with Crippen LogP contribution in [-0.4, -0.2) is 4.57 Å². The molecule has 25 heavy (non-hydrogen) atoms. The summed E-state index contributed by atoms with van der Waals surface area (Å²) < 4.78 is 8.62. The predicted molar refractivity (Wildman–Crippen MR) is 106 cm³/mol. The number of fused-ring (bicyclic) bond motifs is 7. The van der Waals surface area contributed by atoms with Crippen LogP contribution in [0.4, 0.5) is 0 Å². The van der Waals surface area contributed by atoms with E-state index in [-0.39, 0.29) is 0 Å². The molecule has 0 N–H and O–H groups in total. The Labute approximate surface area is 146 Å². The largest absolute Gasteiger partial charge is 0.456 e. The number of aromatic nitrogens is 1. The maximum Gasteiger partial charge on any atom is 0.136 e. The van der Waals surface area contributed by atoms with Gasteiger partial charge >= 0.3 is 0 Å². The van der Waals surface area contributed by atoms with Gasteiger partial charge in [0.25, 0.3) is 0 Å². The highest BCUT2D eigenvalue weighted by Gasteiger charge is 2.19. The third-order valence-electron chi connectivity index (χ3n) is 5.31. The summed E-state index contributed by atoms with van der Waals surface area (Å²) in [6, 6.07) is 19.8. The van der Waals surface area contributed by atoms with E-state index in [4.69, 9.17) is 4.42 Å². The Hall–Kier alpha value is -2.74. The molecule has 2 aromatic heterocycles. The van der Waals surface area contributed by atoms with Crippen LogP contribution < -0.4 is 0 Å². The van der Waals surface area contributed by atoms with Crippen LogP contribution in [0.1, 0.15) is 32.4 Å². The minimum absolute atomic E-state index is 0.406. The van der Waals surface area contributed by atoms with Gasteiger partial charge in [-0.05, 0) is 44.0 Å². The highest BCUT2D eigenvalue weighted by Crippen LogP contribution is 2.41. The predicted octanol–water partition coefficient (Wildman–Crippen LogP) is 6.84. The first-order valence-electron chi connectivity index (χ1n) is 9.06. The molecule has 0 amide bonds. The van der Waals surface area contributed by atoms with Gasteiger partial charge in [-0.3, -0.25) is 0 Å². The number of aryl methyl sites for hydroxylation is 1. The molecule has 3 aromatic carbocycles. The van der Waals surface area contributed by atoms with Crippen LogP contribution in [-0.2, 0) is 6.42 Å². The minimum atomic E-state index is 0.406. The van der Waals surface area contributed by atoms with Crippen LogP contribution in [0.5, 0.6) is 0 Å². The quantitative estimate of drug-likeness (QED) is 0.347. The fraction of sp³-hybridized carbons (Fsp3) is 0.217. The zero-order chi connectivity index (χ0) is 17.1. The summed E-state index contributed by atoms with van der Waals surface area (Å²) in [7, 11) is 0. The lowest BCUT2D eigenvalue weighted by Crippen LogP contribution is -2.01. The van der Waals surface area contributed by atoms with Crippen LogP contribution in [0.3, 0.4) is 0 Å². The number of benzene rings is 3. The van der Waals surface area contributed by atoms with E-state index in [1.165, 1.54) is 38.1 Å². The maximum atomic E-state index is 6.13. The SMILES string of the molecule is CCc1cccc2c3c4c(ccc3n(C(C)C)c12)oc1ccccc14. The van der Waals surface area contributed by atoms with Crippen LogP contribution >= 0.6 is 0 Å². The lowest BCUT2D eigenvalue weighted by molar-refractivity contribution is 0.640. The molecule has 0 bridgehead atoms. The normalized spacial score (nSPS) is 12.3. The number of hydrogen-bond donors (Lipinski definition) is 0. The summed E-state index contributed by atoms with van der Waals surface area (Å²) in [6.07, 6.45) is 1.04. The van der Waals surface area contributed by atoms with Crippen molar-refractivity contribution in [3.8, 4) is 0 Å². The second kappa shape index (κ2) is 5.13. The van der Waals surface area contributed by atoms with Crippen molar-refractivity contribution in [3.05, 3.63) is 60.2 Å². The minimum Gasteiger partial charge on any atom is -0.456 e. The van der Waals surface area contributed by atoms with Gasteiger partial charge in [0.1, 0.15) is 11.2 Å². The van der Waals surface area contributed by atoms with Crippen molar-refractivity contribution < 1.29 is 4.42 Å². The summed E-state index contributed by atoms with van der Waals surface area (Å²) in [5.74, 6) is 0. The van der Waals surface area contributed by atoms with Crippen molar-refractivity contribution in [1.29, 1.82) is 0 Å². The summed E-state index contributed by atoms with van der Waals surface area (Å²) in [5.41, 5.74) is 6.00. The molecule has 0 atom stereocenters. The van der Waals surface area contributed by atoms with E-state index in [2.05, 4.69) is 73.9 Å². The average Bonchev–Trinajstić information content (AvgIpc) is 3.16. The summed E-state index contributed by atoms with van der Waals surface area (Å²) in [4.78, 5) is 0. The molecular formula is C23H21NO. The molecular weight excluding hydrogens is 306 g/mol. The number of para-hydroxylation sites is 2. The van der Waals surface area contributed by atoms with Crippen molar-refractivity contribution in [2.24, 2.45) is 0 Å². The molecule has 0 aliphatic carbocycles. The second-order valence-electron chi connectivity index (χ2n) is 7.06. The molecule has 0 fully saturated rings. The van der Waals surface area contributed by atoms with Gasteiger partial charge in [-0.2, -0.15) is 0 Å². The first-order valence-corrected chi connectivity index (χ1v) is 9.06. The van der Waals surface area contributed by atoms with Crippen molar-refractivity contribution >= 4 is 43.7 Å². The van der Waals surface area contributed by atoms with Gasteiger partial charge in [-0.1, -0.05) is 43.3 Å². The molecule has 0 spiro atoms. The molecule has 0 aliphatic rings. The van der Waals surface area contributed by atoms with E-state index in [0.29, 0.717) is 6.04 Å². The molecule has 2 heteroatoms. The van der Waals surface area contributed by atoms with Gasteiger partial charge in [0.2, 0.25) is 0 Å². The number of hydrogen-bond acceptors (Lipinski definition) is 1. The van der Waals surface area contributed by atoms with E-state index in [0.717, 1.165) is 17.6 Å². The number of nitrogens with zero attached hydrogens (tertiary/aromatic N) is 1. The second-order valence-corrected chi connectivity index (χ2v) is 7.06. The highest BCUT2D eigenvalue weighted by molar-refractivity contribution is 6.27. The molecule has 0 radical (unpaired) electrons. The monoisotopic (exact) mass is 327 g/mol. The van der Waals surface area contributed by atoms with Crippen molar-refractivity contribution in [2.45, 2.75) is 33.2 Å². The Balaban J connectivity index is 2.14. The first-order chi connectivity index (χ1) is 12.2. The lowest BCUT2D eigenvalue weighted by atomic mass is 10.0. The van der Waals surface area contributed by atoms with Gasteiger partial charge in [-0.15, -0.1) is 0 Å². The molecule has 2 heterocycles. The van der Waals surface area contributed by atoms with E-state index < -0.39 is 0 Å². The van der Waals surface area contributed by atoms with Gasteiger partial charge in [0.15, 0.2) is 0 Å². The maximum absolute atomic E-state index is 6.13. The molecule has 0 saturated heterocycles. The van der Waals surface area contributed by atoms with Gasteiger partial charge in [0, 0.05) is 27.6 Å². The first kappa shape index (κ1) is 14.6. The Kier molecular flexibility index (Phi) is 2.99. The van der Waals surface area contributed by atoms with Crippen LogP contribution in [0.15, 0.2) is 59.0 Å². The lowest BCUT2D eigenvalue weighted by Gasteiger charge is -2.13. The molecule has 2 nitrogen and oxygen atoms in total. The molecule has 124 valence electrons. The summed E-state index contributed by atoms with van der Waals surface area (Å²) in [6.45, 7) is 6.77. The Morgan fingerprint density at radius 2 is 1.64 bits per heavy atom. The number of rotatable bonds is 2. The highest BCUT2D eigenvalue weighted by atomic mass is 16.3. The third-order valence-corrected chi connectivity index (χ3v) is 5.31. The van der Waals surface area contributed by atoms with Crippen LogP contribution in [0, 0.1) is 0 Å². The number of furan rings is 1. The zero-order valence-corrected chi connectivity index (χ0v) is 14.8. The Morgan fingerprint density at radius 3 is 2.44 bits per heavy atom. The fourth-order valence-corrected chi connectivity index (χ4v) is 4.30. The summed E-state index contributed by atoms with van der Waals surface area (Å²) >= 11 is 0. The molecule has 0 saturated carbocycles. The van der Waals surface area contributed by atoms with Crippen molar-refractivity contribution in [1.82, 2.24) is 4.57 Å². The van der Waals surface area contributed by atoms with Gasteiger partial charge in [-0.25, -0.2) is 0 Å². The summed E-state index contributed by atoms with van der Waals surface area (Å²) in [5, 5.41) is 5.10. The van der Waals surface area contributed by atoms with Crippen LogP contribution in [0.2, 0.25) is 0 Å². The molecule has 0 unspecified atom stereocenters. The van der Waals surface area contributed by atoms with E-state index in [1.807, 2.05) is 6.07 Å². The fourth-order valence-electron chi connectivity index (χ4n) is 4.30. The van der Waals surface area contributed by atoms with Gasteiger partial charge in [0.05, 0.1) is 11.0 Å². The van der Waals surface area contributed by atoms with E-state index >= 15 is 0 Å². The van der Waals surface area contributed by atoms with E-state index in [1.54, 1.807) is 0 Å². The Bertz CT molecular complexity index is 1250. The zero-order valence-electron chi connectivity index (χ0n) is 14.8. The molecule has 5 aromatic rings. The van der Waals surface area contributed by atoms with E-state index in [9.17, 15) is 0 Å². The molecule has 0 aliphatic heterocycles. The Morgan fingerprint density at radius 1 is 0.840 bits per heavy atom. The van der Waals surface area contributed by atoms with Crippen molar-refractivity contribution in [3.63, 3.8) is 0 Å². The van der Waals surface area contributed by atoms with Crippen molar-refractivity contribution in [2.75, 3.05) is 0 Å². The van der Waals surface area contributed by atoms with Gasteiger partial charge < -0.3 is 8.98 Å². The topological polar surface area (TPSA) is 18.1 Å². The average molecular weight is 327 g/mol.